The van der Waals surface area contributed by atoms with E-state index in [1.807, 2.05) is 0 Å². The molecule has 0 saturated heterocycles. The summed E-state index contributed by atoms with van der Waals surface area (Å²) in [5.41, 5.74) is -1.60. The lowest BCUT2D eigenvalue weighted by Crippen LogP contribution is -2.34. The molecule has 0 aliphatic rings. The highest BCUT2D eigenvalue weighted by molar-refractivity contribution is 5.88. The normalized spacial score (nSPS) is 11.4. The number of carboxylic acid groups (broad SMARTS) is 1. The molecule has 110 valence electrons. The van der Waals surface area contributed by atoms with Gasteiger partial charge in [-0.25, -0.2) is 18.6 Å². The molecule has 0 fully saturated rings. The zero-order valence-electron chi connectivity index (χ0n) is 9.43. The van der Waals surface area contributed by atoms with Crippen molar-refractivity contribution >= 4 is 11.7 Å². The van der Waals surface area contributed by atoms with Crippen LogP contribution in [0.5, 0.6) is 5.88 Å². The van der Waals surface area contributed by atoms with Gasteiger partial charge in [-0.3, -0.25) is 10.1 Å². The van der Waals surface area contributed by atoms with Gasteiger partial charge in [-0.05, 0) is 0 Å². The Morgan fingerprint density at radius 3 is 2.60 bits per heavy atom. The van der Waals surface area contributed by atoms with Gasteiger partial charge in [0.2, 0.25) is 0 Å². The van der Waals surface area contributed by atoms with Gasteiger partial charge in [0, 0.05) is 12.3 Å². The fraction of sp³-hybridized carbons (Fsp3) is 0.333. The first-order valence-corrected chi connectivity index (χ1v) is 4.81. The van der Waals surface area contributed by atoms with Crippen molar-refractivity contribution in [1.29, 1.82) is 0 Å². The summed E-state index contributed by atoms with van der Waals surface area (Å²) in [6.45, 7) is -1.83. The molecule has 20 heavy (non-hydrogen) atoms. The average Bonchev–Trinajstić information content (AvgIpc) is 2.35. The molecule has 0 unspecified atom stereocenters. The number of nitro groups is 1. The number of ether oxygens (including phenoxy) is 1. The molecular weight excluding hydrogens is 292 g/mol. The van der Waals surface area contributed by atoms with Crippen molar-refractivity contribution in [3.05, 3.63) is 27.9 Å². The maximum atomic E-state index is 12.6. The van der Waals surface area contributed by atoms with Gasteiger partial charge in [0.25, 0.3) is 5.88 Å². The first-order valence-electron chi connectivity index (χ1n) is 4.81. The van der Waals surface area contributed by atoms with Crippen LogP contribution in [0.25, 0.3) is 0 Å². The lowest BCUT2D eigenvalue weighted by Gasteiger charge is -2.15. The van der Waals surface area contributed by atoms with Gasteiger partial charge in [0.05, 0.1) is 10.5 Å². The van der Waals surface area contributed by atoms with Crippen LogP contribution < -0.4 is 4.74 Å². The van der Waals surface area contributed by atoms with Gasteiger partial charge in [0.15, 0.2) is 6.61 Å². The molecule has 0 radical (unpaired) electrons. The molecule has 0 atom stereocenters. The van der Waals surface area contributed by atoms with E-state index in [1.54, 1.807) is 0 Å². The molecule has 11 heteroatoms. The summed E-state index contributed by atoms with van der Waals surface area (Å²) >= 11 is 0. The number of pyridine rings is 1. The van der Waals surface area contributed by atoms with E-state index in [2.05, 4.69) is 9.72 Å². The largest absolute Gasteiger partial charge is 0.478 e. The molecule has 7 nitrogen and oxygen atoms in total. The molecular formula is C9H6F4N2O5. The number of aromatic nitrogens is 1. The molecule has 1 aromatic rings. The zero-order valence-corrected chi connectivity index (χ0v) is 9.43. The topological polar surface area (TPSA) is 103 Å². The molecule has 0 aromatic carbocycles. The summed E-state index contributed by atoms with van der Waals surface area (Å²) in [6.07, 6.45) is -3.40. The number of alkyl halides is 4. The SMILES string of the molecule is O=C(O)c1cnc(OCC(F)(F)C(F)F)c([N+](=O)[O-])c1. The second kappa shape index (κ2) is 5.67. The van der Waals surface area contributed by atoms with Crippen LogP contribution in [-0.2, 0) is 0 Å². The van der Waals surface area contributed by atoms with E-state index in [0.717, 1.165) is 0 Å². The van der Waals surface area contributed by atoms with Crippen molar-refractivity contribution in [2.24, 2.45) is 0 Å². The van der Waals surface area contributed by atoms with Crippen molar-refractivity contribution in [3.8, 4) is 5.88 Å². The van der Waals surface area contributed by atoms with Crippen LogP contribution >= 0.6 is 0 Å². The molecule has 1 aromatic heterocycles. The minimum absolute atomic E-state index is 0.519. The quantitative estimate of drug-likeness (QED) is 0.489. The number of nitrogens with zero attached hydrogens (tertiary/aromatic N) is 2. The summed E-state index contributed by atoms with van der Waals surface area (Å²) in [6, 6.07) is 0.519. The molecule has 1 N–H and O–H groups in total. The smallest absolute Gasteiger partial charge is 0.340 e. The lowest BCUT2D eigenvalue weighted by molar-refractivity contribution is -0.386. The third-order valence-electron chi connectivity index (χ3n) is 2.00. The predicted molar refractivity (Wildman–Crippen MR) is 54.3 cm³/mol. The van der Waals surface area contributed by atoms with E-state index in [0.29, 0.717) is 12.3 Å². The molecule has 0 amide bonds. The molecule has 0 aliphatic carbocycles. The summed E-state index contributed by atoms with van der Waals surface area (Å²) in [5.74, 6) is -7.02. The minimum atomic E-state index is -4.51. The third kappa shape index (κ3) is 3.52. The van der Waals surface area contributed by atoms with Crippen molar-refractivity contribution in [2.75, 3.05) is 6.61 Å². The first-order chi connectivity index (χ1) is 9.15. The van der Waals surface area contributed by atoms with Crippen LogP contribution in [0.15, 0.2) is 12.3 Å². The highest BCUT2D eigenvalue weighted by atomic mass is 19.3. The third-order valence-corrected chi connectivity index (χ3v) is 2.00. The Labute approximate surface area is 107 Å². The van der Waals surface area contributed by atoms with Crippen molar-refractivity contribution in [1.82, 2.24) is 4.98 Å². The van der Waals surface area contributed by atoms with Crippen LogP contribution in [0.2, 0.25) is 0 Å². The summed E-state index contributed by atoms with van der Waals surface area (Å²) in [7, 11) is 0. The summed E-state index contributed by atoms with van der Waals surface area (Å²) < 4.78 is 53.2. The highest BCUT2D eigenvalue weighted by Gasteiger charge is 2.42. The number of aromatic carboxylic acids is 1. The van der Waals surface area contributed by atoms with Crippen molar-refractivity contribution in [3.63, 3.8) is 0 Å². The van der Waals surface area contributed by atoms with Gasteiger partial charge in [-0.2, -0.15) is 8.78 Å². The van der Waals surface area contributed by atoms with Crippen LogP contribution in [0.4, 0.5) is 23.2 Å². The summed E-state index contributed by atoms with van der Waals surface area (Å²) in [5, 5.41) is 19.2. The van der Waals surface area contributed by atoms with Gasteiger partial charge in [-0.15, -0.1) is 0 Å². The number of hydrogen-bond donors (Lipinski definition) is 1. The van der Waals surface area contributed by atoms with E-state index in [-0.39, 0.29) is 0 Å². The van der Waals surface area contributed by atoms with Crippen LogP contribution in [-0.4, -0.2) is 39.9 Å². The van der Waals surface area contributed by atoms with Gasteiger partial charge >= 0.3 is 24.0 Å². The van der Waals surface area contributed by atoms with E-state index >= 15 is 0 Å². The Bertz CT molecular complexity index is 537. The lowest BCUT2D eigenvalue weighted by atomic mass is 10.2. The van der Waals surface area contributed by atoms with Gasteiger partial charge in [0.1, 0.15) is 0 Å². The predicted octanol–water partition coefficient (Wildman–Crippen LogP) is 1.97. The average molecular weight is 298 g/mol. The van der Waals surface area contributed by atoms with E-state index in [9.17, 15) is 32.5 Å². The highest BCUT2D eigenvalue weighted by Crippen LogP contribution is 2.28. The monoisotopic (exact) mass is 298 g/mol. The first kappa shape index (κ1) is 15.6. The summed E-state index contributed by atoms with van der Waals surface area (Å²) in [4.78, 5) is 23.2. The number of rotatable bonds is 6. The molecule has 0 bridgehead atoms. The number of carboxylic acids is 1. The molecule has 1 heterocycles. The molecule has 1 rings (SSSR count). The van der Waals surface area contributed by atoms with Crippen molar-refractivity contribution in [2.45, 2.75) is 12.3 Å². The van der Waals surface area contributed by atoms with Crippen LogP contribution in [0.1, 0.15) is 10.4 Å². The fourth-order valence-corrected chi connectivity index (χ4v) is 1.03. The zero-order chi connectivity index (χ0) is 15.5. The van der Waals surface area contributed by atoms with E-state index in [1.165, 1.54) is 0 Å². The Morgan fingerprint density at radius 2 is 2.15 bits per heavy atom. The Hall–Kier alpha value is -2.46. The second-order valence-electron chi connectivity index (χ2n) is 3.46. The molecule has 0 spiro atoms. The minimum Gasteiger partial charge on any atom is -0.478 e. The van der Waals surface area contributed by atoms with Crippen LogP contribution in [0.3, 0.4) is 0 Å². The Morgan fingerprint density at radius 1 is 1.55 bits per heavy atom. The van der Waals surface area contributed by atoms with Gasteiger partial charge in [-0.1, -0.05) is 0 Å². The number of hydrogen-bond acceptors (Lipinski definition) is 5. The molecule has 0 aliphatic heterocycles. The Balaban J connectivity index is 3.01. The number of halogens is 4. The van der Waals surface area contributed by atoms with E-state index in [4.69, 9.17) is 5.11 Å². The standard InChI is InChI=1S/C9H6F4N2O5/c10-8(11)9(12,13)3-20-6-5(15(18)19)1-4(2-14-6)7(16)17/h1-2,8H,3H2,(H,16,17). The fourth-order valence-electron chi connectivity index (χ4n) is 1.03. The van der Waals surface area contributed by atoms with Gasteiger partial charge < -0.3 is 9.84 Å². The van der Waals surface area contributed by atoms with Crippen molar-refractivity contribution < 1.29 is 37.1 Å². The molecule has 0 saturated carbocycles. The maximum Gasteiger partial charge on any atom is 0.340 e. The maximum absolute atomic E-state index is 12.6. The number of carbonyl (C=O) groups is 1. The second-order valence-corrected chi connectivity index (χ2v) is 3.46. The Kier molecular flexibility index (Phi) is 4.42. The van der Waals surface area contributed by atoms with E-state index < -0.39 is 47.0 Å². The van der Waals surface area contributed by atoms with Crippen LogP contribution in [0, 0.1) is 10.1 Å².